The Bertz CT molecular complexity index is 296. The molecule has 2 rings (SSSR count). The largest absolute Gasteiger partial charge is 0.460 e. The molecular formula is C10H14FN3O. The number of halogens is 1. The number of ether oxygens (including phenoxy) is 1. The lowest BCUT2D eigenvalue weighted by Crippen LogP contribution is -2.20. The van der Waals surface area contributed by atoms with Crippen LogP contribution < -0.4 is 10.1 Å². The highest BCUT2D eigenvalue weighted by atomic mass is 19.1. The molecule has 0 spiro atoms. The monoisotopic (exact) mass is 211 g/mol. The fourth-order valence-electron chi connectivity index (χ4n) is 1.62. The zero-order valence-corrected chi connectivity index (χ0v) is 8.45. The topological polar surface area (TPSA) is 47.0 Å². The summed E-state index contributed by atoms with van der Waals surface area (Å²) in [6.07, 6.45) is 5.42. The number of hydrogen-bond donors (Lipinski definition) is 1. The van der Waals surface area contributed by atoms with Crippen molar-refractivity contribution in [3.05, 3.63) is 18.2 Å². The summed E-state index contributed by atoms with van der Waals surface area (Å²) < 4.78 is 18.1. The quantitative estimate of drug-likeness (QED) is 0.796. The molecule has 2 heterocycles. The molecule has 0 saturated carbocycles. The van der Waals surface area contributed by atoms with Crippen LogP contribution >= 0.6 is 0 Å². The van der Waals surface area contributed by atoms with E-state index >= 15 is 0 Å². The van der Waals surface area contributed by atoms with Crippen LogP contribution in [0.5, 0.6) is 6.01 Å². The van der Waals surface area contributed by atoms with E-state index in [1.165, 1.54) is 0 Å². The normalized spacial score (nSPS) is 22.1. The lowest BCUT2D eigenvalue weighted by molar-refractivity contribution is 0.171. The minimum absolute atomic E-state index is 0.144. The number of rotatable bonds is 2. The molecule has 1 saturated heterocycles. The van der Waals surface area contributed by atoms with Crippen LogP contribution in [-0.2, 0) is 0 Å². The van der Waals surface area contributed by atoms with Gasteiger partial charge in [0.2, 0.25) is 0 Å². The molecule has 1 atom stereocenters. The van der Waals surface area contributed by atoms with Gasteiger partial charge in [-0.2, -0.15) is 0 Å². The highest BCUT2D eigenvalue weighted by molar-refractivity contribution is 4.96. The Morgan fingerprint density at radius 2 is 2.07 bits per heavy atom. The maximum atomic E-state index is 12.5. The summed E-state index contributed by atoms with van der Waals surface area (Å²) >= 11 is 0. The molecule has 1 aromatic heterocycles. The van der Waals surface area contributed by atoms with Gasteiger partial charge < -0.3 is 10.1 Å². The zero-order valence-electron chi connectivity index (χ0n) is 8.45. The molecule has 4 nitrogen and oxygen atoms in total. The van der Waals surface area contributed by atoms with E-state index in [4.69, 9.17) is 4.74 Å². The van der Waals surface area contributed by atoms with Crippen molar-refractivity contribution in [3.63, 3.8) is 0 Å². The van der Waals surface area contributed by atoms with Crippen LogP contribution in [-0.4, -0.2) is 29.2 Å². The minimum Gasteiger partial charge on any atom is -0.460 e. The van der Waals surface area contributed by atoms with E-state index in [9.17, 15) is 4.39 Å². The van der Waals surface area contributed by atoms with Gasteiger partial charge in [-0.25, -0.2) is 14.4 Å². The van der Waals surface area contributed by atoms with E-state index in [0.717, 1.165) is 44.7 Å². The summed E-state index contributed by atoms with van der Waals surface area (Å²) in [5, 5.41) is 3.29. The molecule has 1 fully saturated rings. The molecule has 0 bridgehead atoms. The first-order chi connectivity index (χ1) is 7.34. The predicted molar refractivity (Wildman–Crippen MR) is 53.1 cm³/mol. The SMILES string of the molecule is Fc1cnc(OC2CCCNCC2)nc1. The summed E-state index contributed by atoms with van der Waals surface area (Å²) in [5.74, 6) is -0.440. The molecule has 5 heteroatoms. The van der Waals surface area contributed by atoms with Crippen molar-refractivity contribution in [2.75, 3.05) is 13.1 Å². The van der Waals surface area contributed by atoms with Gasteiger partial charge in [0.05, 0.1) is 12.4 Å². The molecule has 0 radical (unpaired) electrons. The van der Waals surface area contributed by atoms with E-state index < -0.39 is 5.82 Å². The second-order valence-corrected chi connectivity index (χ2v) is 3.60. The number of nitrogens with zero attached hydrogens (tertiary/aromatic N) is 2. The van der Waals surface area contributed by atoms with Crippen molar-refractivity contribution in [2.24, 2.45) is 0 Å². The fourth-order valence-corrected chi connectivity index (χ4v) is 1.62. The molecule has 0 aromatic carbocycles. The third kappa shape index (κ3) is 3.13. The molecule has 1 aliphatic rings. The summed E-state index contributed by atoms with van der Waals surface area (Å²) in [5.41, 5.74) is 0. The Balaban J connectivity index is 1.92. The Morgan fingerprint density at radius 1 is 1.27 bits per heavy atom. The van der Waals surface area contributed by atoms with Crippen molar-refractivity contribution in [2.45, 2.75) is 25.4 Å². The second kappa shape index (κ2) is 5.02. The molecule has 1 aliphatic heterocycles. The Hall–Kier alpha value is -1.23. The smallest absolute Gasteiger partial charge is 0.316 e. The first kappa shape index (κ1) is 10.3. The maximum Gasteiger partial charge on any atom is 0.316 e. The van der Waals surface area contributed by atoms with Crippen molar-refractivity contribution in [1.29, 1.82) is 0 Å². The van der Waals surface area contributed by atoms with Crippen LogP contribution in [0.2, 0.25) is 0 Å². The summed E-state index contributed by atoms with van der Waals surface area (Å²) in [7, 11) is 0. The van der Waals surface area contributed by atoms with Gasteiger partial charge >= 0.3 is 6.01 Å². The fraction of sp³-hybridized carbons (Fsp3) is 0.600. The summed E-state index contributed by atoms with van der Waals surface area (Å²) in [6.45, 7) is 1.98. The molecule has 1 aromatic rings. The van der Waals surface area contributed by atoms with Gasteiger partial charge in [0.15, 0.2) is 5.82 Å². The molecule has 82 valence electrons. The van der Waals surface area contributed by atoms with Gasteiger partial charge in [-0.15, -0.1) is 0 Å². The average Bonchev–Trinajstić information content (AvgIpc) is 2.50. The van der Waals surface area contributed by atoms with Crippen molar-refractivity contribution >= 4 is 0 Å². The first-order valence-electron chi connectivity index (χ1n) is 5.19. The third-order valence-corrected chi connectivity index (χ3v) is 2.39. The molecule has 1 N–H and O–H groups in total. The van der Waals surface area contributed by atoms with Crippen molar-refractivity contribution in [1.82, 2.24) is 15.3 Å². The number of nitrogens with one attached hydrogen (secondary N) is 1. The molecular weight excluding hydrogens is 197 g/mol. The highest BCUT2D eigenvalue weighted by Gasteiger charge is 2.14. The Labute approximate surface area is 87.9 Å². The Morgan fingerprint density at radius 3 is 2.87 bits per heavy atom. The third-order valence-electron chi connectivity index (χ3n) is 2.39. The van der Waals surface area contributed by atoms with Gasteiger partial charge in [0, 0.05) is 0 Å². The molecule has 0 aliphatic carbocycles. The van der Waals surface area contributed by atoms with E-state index in [2.05, 4.69) is 15.3 Å². The van der Waals surface area contributed by atoms with Crippen LogP contribution in [0.15, 0.2) is 12.4 Å². The lowest BCUT2D eigenvalue weighted by Gasteiger charge is -2.14. The molecule has 1 unspecified atom stereocenters. The molecule has 15 heavy (non-hydrogen) atoms. The van der Waals surface area contributed by atoms with Gasteiger partial charge in [-0.05, 0) is 32.4 Å². The minimum atomic E-state index is -0.440. The van der Waals surface area contributed by atoms with E-state index in [1.54, 1.807) is 0 Å². The predicted octanol–water partition coefficient (Wildman–Crippen LogP) is 1.14. The van der Waals surface area contributed by atoms with Gasteiger partial charge in [-0.3, -0.25) is 0 Å². The van der Waals surface area contributed by atoms with E-state index in [-0.39, 0.29) is 12.1 Å². The van der Waals surface area contributed by atoms with Gasteiger partial charge in [0.25, 0.3) is 0 Å². The number of aromatic nitrogens is 2. The number of hydrogen-bond acceptors (Lipinski definition) is 4. The van der Waals surface area contributed by atoms with Crippen LogP contribution in [0.25, 0.3) is 0 Å². The first-order valence-corrected chi connectivity index (χ1v) is 5.19. The van der Waals surface area contributed by atoms with Gasteiger partial charge in [0.1, 0.15) is 6.10 Å². The van der Waals surface area contributed by atoms with E-state index in [1.807, 2.05) is 0 Å². The second-order valence-electron chi connectivity index (χ2n) is 3.60. The Kier molecular flexibility index (Phi) is 3.45. The van der Waals surface area contributed by atoms with E-state index in [0.29, 0.717) is 0 Å². The van der Waals surface area contributed by atoms with Crippen LogP contribution in [0.3, 0.4) is 0 Å². The lowest BCUT2D eigenvalue weighted by atomic mass is 10.2. The average molecular weight is 211 g/mol. The van der Waals surface area contributed by atoms with Crippen LogP contribution in [0.1, 0.15) is 19.3 Å². The van der Waals surface area contributed by atoms with Gasteiger partial charge in [-0.1, -0.05) is 0 Å². The van der Waals surface area contributed by atoms with Crippen molar-refractivity contribution in [3.8, 4) is 6.01 Å². The summed E-state index contributed by atoms with van der Waals surface area (Å²) in [4.78, 5) is 7.55. The van der Waals surface area contributed by atoms with Crippen LogP contribution in [0, 0.1) is 5.82 Å². The maximum absolute atomic E-state index is 12.5. The van der Waals surface area contributed by atoms with Crippen molar-refractivity contribution < 1.29 is 9.13 Å². The molecule has 0 amide bonds. The standard InChI is InChI=1S/C10H14FN3O/c11-8-6-13-10(14-7-8)15-9-2-1-4-12-5-3-9/h6-7,9,12H,1-5H2. The zero-order chi connectivity index (χ0) is 10.5. The van der Waals surface area contributed by atoms with Crippen LogP contribution in [0.4, 0.5) is 4.39 Å². The summed E-state index contributed by atoms with van der Waals surface area (Å²) in [6, 6.07) is 0.267. The highest BCUT2D eigenvalue weighted by Crippen LogP contribution is 2.12.